The molecule has 0 aliphatic carbocycles. The summed E-state index contributed by atoms with van der Waals surface area (Å²) in [6.45, 7) is 10.1. The number of benzene rings is 3. The zero-order valence-corrected chi connectivity index (χ0v) is 37.3. The Balaban J connectivity index is 1.71. The highest BCUT2D eigenvalue weighted by molar-refractivity contribution is 5.96. The fourth-order valence-corrected chi connectivity index (χ4v) is 7.29. The number of nitrogens with one attached hydrogen (secondary N) is 2. The first kappa shape index (κ1) is 51.6. The number of hydrogen-bond donors (Lipinski definition) is 6. The predicted octanol–water partition coefficient (Wildman–Crippen LogP) is 5.83. The van der Waals surface area contributed by atoms with E-state index in [0.717, 1.165) is 12.8 Å². The summed E-state index contributed by atoms with van der Waals surface area (Å²) in [7, 11) is 1.51. The van der Waals surface area contributed by atoms with Crippen LogP contribution in [0.15, 0.2) is 72.8 Å². The predicted molar refractivity (Wildman–Crippen MR) is 229 cm³/mol. The molecular weight excluding hydrogens is 835 g/mol. The van der Waals surface area contributed by atoms with Gasteiger partial charge in [-0.25, -0.2) is 14.5 Å². The van der Waals surface area contributed by atoms with Gasteiger partial charge in [0.2, 0.25) is 11.8 Å². The van der Waals surface area contributed by atoms with Crippen molar-refractivity contribution >= 4 is 29.4 Å². The molecule has 352 valence electrons. The molecule has 1 aliphatic heterocycles. The van der Waals surface area contributed by atoms with Crippen LogP contribution in [0.2, 0.25) is 0 Å². The molecular formula is C45H63N5O14. The Hall–Kier alpha value is -5.06. The number of esters is 1. The molecule has 0 bridgehead atoms. The first-order chi connectivity index (χ1) is 30.5. The summed E-state index contributed by atoms with van der Waals surface area (Å²) in [5.41, 5.74) is 1.15. The van der Waals surface area contributed by atoms with Crippen LogP contribution in [0.25, 0.3) is 0 Å². The van der Waals surface area contributed by atoms with Crippen molar-refractivity contribution in [3.05, 3.63) is 95.1 Å². The average Bonchev–Trinajstić information content (AvgIpc) is 3.25. The summed E-state index contributed by atoms with van der Waals surface area (Å²) < 4.78 is 23.1. The number of anilines is 1. The smallest absolute Gasteiger partial charge is 0.338 e. The summed E-state index contributed by atoms with van der Waals surface area (Å²) >= 11 is 0. The monoisotopic (exact) mass is 897 g/mol. The molecule has 3 aromatic carbocycles. The molecule has 0 saturated carbocycles. The first-order valence-corrected chi connectivity index (χ1v) is 21.2. The number of amides is 3. The molecule has 0 radical (unpaired) electrons. The summed E-state index contributed by atoms with van der Waals surface area (Å²) in [5, 5.41) is 41.1. The van der Waals surface area contributed by atoms with Crippen LogP contribution in [0.4, 0.5) is 5.69 Å². The Morgan fingerprint density at radius 3 is 2.08 bits per heavy atom. The van der Waals surface area contributed by atoms with Gasteiger partial charge in [0, 0.05) is 31.6 Å². The van der Waals surface area contributed by atoms with E-state index < -0.39 is 52.2 Å². The van der Waals surface area contributed by atoms with E-state index in [1.807, 2.05) is 46.8 Å². The van der Waals surface area contributed by atoms with Gasteiger partial charge < -0.3 is 34.5 Å². The van der Waals surface area contributed by atoms with E-state index in [2.05, 4.69) is 15.5 Å². The van der Waals surface area contributed by atoms with E-state index in [1.165, 1.54) is 31.4 Å². The molecule has 3 amide bonds. The summed E-state index contributed by atoms with van der Waals surface area (Å²) in [4.78, 5) is 67.5. The molecule has 1 heterocycles. The third-order valence-corrected chi connectivity index (χ3v) is 10.6. The molecule has 64 heavy (non-hydrogen) atoms. The van der Waals surface area contributed by atoms with Gasteiger partial charge in [-0.15, -0.1) is 0 Å². The second-order valence-corrected chi connectivity index (χ2v) is 16.7. The fourth-order valence-electron chi connectivity index (χ4n) is 7.29. The summed E-state index contributed by atoms with van der Waals surface area (Å²) in [6, 6.07) is 18.5. The van der Waals surface area contributed by atoms with Crippen LogP contribution in [0.3, 0.4) is 0 Å². The Labute approximate surface area is 373 Å². The van der Waals surface area contributed by atoms with Gasteiger partial charge in [-0.05, 0) is 78.1 Å². The quantitative estimate of drug-likeness (QED) is 0.0240. The van der Waals surface area contributed by atoms with Crippen LogP contribution < -0.4 is 20.3 Å². The first-order valence-electron chi connectivity index (χ1n) is 21.2. The van der Waals surface area contributed by atoms with Crippen LogP contribution in [-0.2, 0) is 46.7 Å². The van der Waals surface area contributed by atoms with Gasteiger partial charge in [0.25, 0.3) is 5.91 Å². The number of methoxy groups -OCH3 is 1. The second-order valence-electron chi connectivity index (χ2n) is 16.7. The van der Waals surface area contributed by atoms with Gasteiger partial charge >= 0.3 is 5.97 Å². The van der Waals surface area contributed by atoms with Gasteiger partial charge in [-0.2, -0.15) is 0 Å². The van der Waals surface area contributed by atoms with E-state index in [-0.39, 0.29) is 81.3 Å². The number of nitrogens with zero attached hydrogens (tertiary/aromatic N) is 3. The third kappa shape index (κ3) is 16.5. The largest absolute Gasteiger partial charge is 0.484 e. The highest BCUT2D eigenvalue weighted by atomic mass is 17.1. The van der Waals surface area contributed by atoms with Crippen molar-refractivity contribution in [3.63, 3.8) is 0 Å². The summed E-state index contributed by atoms with van der Waals surface area (Å²) in [5.74, 6) is -2.08. The number of fused-ring (bicyclic) bond motifs is 1. The van der Waals surface area contributed by atoms with Gasteiger partial charge in [-0.1, -0.05) is 77.4 Å². The van der Waals surface area contributed by atoms with Gasteiger partial charge in [0.15, 0.2) is 0 Å². The molecule has 1 unspecified atom stereocenters. The maximum absolute atomic E-state index is 14.4. The topological polar surface area (TPSA) is 238 Å². The molecule has 1 aliphatic rings. The molecule has 4 rings (SSSR count). The second kappa shape index (κ2) is 25.4. The average molecular weight is 898 g/mol. The van der Waals surface area contributed by atoms with Crippen LogP contribution in [0, 0.1) is 17.3 Å². The number of rotatable bonds is 26. The van der Waals surface area contributed by atoms with E-state index in [0.29, 0.717) is 29.1 Å². The van der Waals surface area contributed by atoms with Crippen molar-refractivity contribution in [2.45, 2.75) is 98.2 Å². The standard InChI is InChI=1S/C45H63N5O14/c1-7-8-21-46-43(53)36(30(2)3)22-40(64-44(54)34-19-15-32(16-20-34)27-62-50(57)58)37(47-42(52)33-17-13-31(14-18-33)26-61-49(55)56)23-45(4,5)24-41(51)48-25-35(28-60-29-59-6)63-39-12-10-9-11-38(39)48/h9-20,30,35-37,40,55-58H,7-8,21-29H2,1-6H3,(H,46,53)(H,47,52)/t35-,36+,37?,40+/m1/s1. The van der Waals surface area contributed by atoms with E-state index in [4.69, 9.17) is 44.6 Å². The Morgan fingerprint density at radius 2 is 1.50 bits per heavy atom. The van der Waals surface area contributed by atoms with Crippen molar-refractivity contribution < 1.29 is 68.6 Å². The highest BCUT2D eigenvalue weighted by Gasteiger charge is 2.39. The number of para-hydroxylation sites is 2. The van der Waals surface area contributed by atoms with E-state index in [1.54, 1.807) is 41.3 Å². The normalized spacial score (nSPS) is 15.3. The minimum Gasteiger partial charge on any atom is -0.484 e. The van der Waals surface area contributed by atoms with Crippen molar-refractivity contribution in [3.8, 4) is 5.75 Å². The molecule has 0 aromatic heterocycles. The van der Waals surface area contributed by atoms with Gasteiger partial charge in [-0.3, -0.25) is 35.2 Å². The van der Waals surface area contributed by atoms with Gasteiger partial charge in [0.1, 0.15) is 24.8 Å². The maximum Gasteiger partial charge on any atom is 0.338 e. The number of carbonyl (C=O) groups excluding carboxylic acids is 4. The molecule has 0 fully saturated rings. The number of unbranched alkanes of at least 4 members (excludes halogenated alkanes) is 1. The molecule has 6 N–H and O–H groups in total. The van der Waals surface area contributed by atoms with Crippen LogP contribution in [0.1, 0.15) is 98.6 Å². The molecule has 3 aromatic rings. The van der Waals surface area contributed by atoms with Crippen LogP contribution in [-0.4, -0.2) is 107 Å². The Morgan fingerprint density at radius 1 is 0.891 bits per heavy atom. The lowest BCUT2D eigenvalue weighted by molar-refractivity contribution is -0.497. The van der Waals surface area contributed by atoms with Crippen LogP contribution in [0.5, 0.6) is 5.75 Å². The van der Waals surface area contributed by atoms with Crippen LogP contribution >= 0.6 is 0 Å². The zero-order chi connectivity index (χ0) is 46.8. The van der Waals surface area contributed by atoms with E-state index in [9.17, 15) is 19.2 Å². The lowest BCUT2D eigenvalue weighted by Crippen LogP contribution is -2.51. The van der Waals surface area contributed by atoms with Gasteiger partial charge in [0.05, 0.1) is 54.4 Å². The molecule has 19 nitrogen and oxygen atoms in total. The number of carbonyl (C=O) groups is 4. The summed E-state index contributed by atoms with van der Waals surface area (Å²) in [6.07, 6.45) is 0.175. The minimum absolute atomic E-state index is 0.00476. The Kier molecular flexibility index (Phi) is 20.5. The lowest BCUT2D eigenvalue weighted by atomic mass is 9.78. The maximum atomic E-state index is 14.4. The molecule has 19 heteroatoms. The Bertz CT molecular complexity index is 1930. The third-order valence-electron chi connectivity index (χ3n) is 10.6. The SMILES string of the molecule is CCCCNC(=O)[C@@H](C[C@H](OC(=O)c1ccc(CON(O)O)cc1)C(CC(C)(C)CC(=O)N1C[C@H](COCOC)Oc2ccccc21)NC(=O)c1ccc(CON(O)O)cc1)C(C)C. The number of ether oxygens (including phenoxy) is 4. The van der Waals surface area contributed by atoms with Crippen molar-refractivity contribution in [2.24, 2.45) is 17.3 Å². The van der Waals surface area contributed by atoms with Crippen molar-refractivity contribution in [1.29, 1.82) is 0 Å². The van der Waals surface area contributed by atoms with Crippen molar-refractivity contribution in [1.82, 2.24) is 21.4 Å². The fraction of sp³-hybridized carbons (Fsp3) is 0.511. The zero-order valence-electron chi connectivity index (χ0n) is 37.3. The molecule has 0 spiro atoms. The lowest BCUT2D eigenvalue weighted by Gasteiger charge is -2.38. The molecule has 4 atom stereocenters. The highest BCUT2D eigenvalue weighted by Crippen LogP contribution is 2.37. The number of hydrogen-bond acceptors (Lipinski definition) is 16. The van der Waals surface area contributed by atoms with Crippen molar-refractivity contribution in [2.75, 3.05) is 38.5 Å². The molecule has 0 saturated heterocycles. The van der Waals surface area contributed by atoms with E-state index >= 15 is 0 Å². The minimum atomic E-state index is -1.10.